The smallest absolute Gasteiger partial charge is 0.185 e. The fraction of sp³-hybridized carbons (Fsp3) is 0.167. The molecule has 0 spiro atoms. The van der Waals surface area contributed by atoms with Gasteiger partial charge in [-0.1, -0.05) is 0 Å². The number of nitrogens with one attached hydrogen (secondary N) is 1. The minimum Gasteiger partial charge on any atom is -0.342 e. The Hall–Kier alpha value is -1.12. The van der Waals surface area contributed by atoms with Gasteiger partial charge in [0, 0.05) is 6.20 Å². The number of rotatable bonds is 2. The summed E-state index contributed by atoms with van der Waals surface area (Å²) in [5, 5.41) is 0. The van der Waals surface area contributed by atoms with E-state index in [1.165, 1.54) is 0 Å². The molecular formula is C6H7N2O. The molecular weight excluding hydrogens is 116 g/mol. The van der Waals surface area contributed by atoms with Gasteiger partial charge in [0.25, 0.3) is 0 Å². The second-order valence-electron chi connectivity index (χ2n) is 1.64. The normalized spacial score (nSPS) is 9.44. The molecule has 0 aromatic carbocycles. The van der Waals surface area contributed by atoms with E-state index in [2.05, 4.69) is 16.9 Å². The third-order valence-corrected chi connectivity index (χ3v) is 1.02. The largest absolute Gasteiger partial charge is 0.342 e. The predicted octanol–water partition coefficient (Wildman–Crippen LogP) is 0.599. The zero-order valence-corrected chi connectivity index (χ0v) is 4.92. The Balaban J connectivity index is 2.86. The Kier molecular flexibility index (Phi) is 1.63. The molecule has 0 atom stereocenters. The fourth-order valence-corrected chi connectivity index (χ4v) is 0.565. The standard InChI is InChI=1S/C6H7N2O/c1-2-5-3-7-6(4-9)8-5/h3-4H,1-2H2,(H,7,8). The SMILES string of the molecule is [CH2]Cc1c[nH]c(C=O)n1. The van der Waals surface area contributed by atoms with Crippen LogP contribution in [-0.4, -0.2) is 16.3 Å². The van der Waals surface area contributed by atoms with Gasteiger partial charge in [0.2, 0.25) is 0 Å². The lowest BCUT2D eigenvalue weighted by Crippen LogP contribution is -1.82. The molecule has 9 heavy (non-hydrogen) atoms. The van der Waals surface area contributed by atoms with E-state index in [0.29, 0.717) is 18.5 Å². The summed E-state index contributed by atoms with van der Waals surface area (Å²) in [5.41, 5.74) is 0.817. The predicted molar refractivity (Wildman–Crippen MR) is 33.0 cm³/mol. The van der Waals surface area contributed by atoms with Crippen LogP contribution in [0.25, 0.3) is 0 Å². The summed E-state index contributed by atoms with van der Waals surface area (Å²) in [7, 11) is 0. The molecule has 0 bridgehead atoms. The van der Waals surface area contributed by atoms with Crippen LogP contribution in [0.4, 0.5) is 0 Å². The number of aromatic amines is 1. The maximum Gasteiger partial charge on any atom is 0.185 e. The molecule has 0 aliphatic rings. The molecule has 0 unspecified atom stereocenters. The summed E-state index contributed by atoms with van der Waals surface area (Å²) >= 11 is 0. The first-order valence-electron chi connectivity index (χ1n) is 2.65. The summed E-state index contributed by atoms with van der Waals surface area (Å²) < 4.78 is 0. The highest BCUT2D eigenvalue weighted by molar-refractivity contribution is 5.68. The lowest BCUT2D eigenvalue weighted by molar-refractivity contribution is 0.111. The van der Waals surface area contributed by atoms with Gasteiger partial charge in [-0.15, -0.1) is 0 Å². The van der Waals surface area contributed by atoms with Gasteiger partial charge in [0.15, 0.2) is 12.1 Å². The molecule has 0 amide bonds. The van der Waals surface area contributed by atoms with E-state index in [-0.39, 0.29) is 0 Å². The van der Waals surface area contributed by atoms with Gasteiger partial charge in [-0.3, -0.25) is 4.79 Å². The Bertz CT molecular complexity index is 205. The number of hydrogen-bond donors (Lipinski definition) is 1. The quantitative estimate of drug-likeness (QED) is 0.585. The summed E-state index contributed by atoms with van der Waals surface area (Å²) in [6, 6.07) is 0. The third kappa shape index (κ3) is 1.16. The average Bonchev–Trinajstić information content (AvgIpc) is 2.34. The van der Waals surface area contributed by atoms with E-state index in [1.54, 1.807) is 6.20 Å². The monoisotopic (exact) mass is 123 g/mol. The van der Waals surface area contributed by atoms with Gasteiger partial charge in [-0.25, -0.2) is 4.98 Å². The van der Waals surface area contributed by atoms with Crippen LogP contribution in [0, 0.1) is 6.92 Å². The van der Waals surface area contributed by atoms with E-state index in [9.17, 15) is 4.79 Å². The molecule has 1 N–H and O–H groups in total. The van der Waals surface area contributed by atoms with Crippen LogP contribution >= 0.6 is 0 Å². The number of imidazole rings is 1. The minimum absolute atomic E-state index is 0.369. The van der Waals surface area contributed by atoms with E-state index in [4.69, 9.17) is 0 Å². The molecule has 1 aromatic heterocycles. The van der Waals surface area contributed by atoms with Crippen LogP contribution in [0.15, 0.2) is 6.20 Å². The van der Waals surface area contributed by atoms with Crippen molar-refractivity contribution in [2.24, 2.45) is 0 Å². The van der Waals surface area contributed by atoms with Crippen molar-refractivity contribution in [3.05, 3.63) is 24.6 Å². The Morgan fingerprint density at radius 2 is 2.67 bits per heavy atom. The number of aromatic nitrogens is 2. The van der Waals surface area contributed by atoms with Crippen LogP contribution < -0.4 is 0 Å². The van der Waals surface area contributed by atoms with Crippen molar-refractivity contribution in [1.29, 1.82) is 0 Å². The summed E-state index contributed by atoms with van der Waals surface area (Å²) in [5.74, 6) is 0.369. The van der Waals surface area contributed by atoms with Crippen molar-refractivity contribution in [2.75, 3.05) is 0 Å². The van der Waals surface area contributed by atoms with Crippen molar-refractivity contribution >= 4 is 6.29 Å². The van der Waals surface area contributed by atoms with Crippen molar-refractivity contribution < 1.29 is 4.79 Å². The molecule has 0 saturated carbocycles. The Morgan fingerprint density at radius 1 is 1.89 bits per heavy atom. The maximum absolute atomic E-state index is 10.0. The first kappa shape index (κ1) is 6.01. The zero-order valence-electron chi connectivity index (χ0n) is 4.92. The zero-order chi connectivity index (χ0) is 6.69. The summed E-state index contributed by atoms with van der Waals surface area (Å²) in [6.45, 7) is 3.61. The first-order valence-corrected chi connectivity index (χ1v) is 2.65. The number of carbonyl (C=O) groups is 1. The third-order valence-electron chi connectivity index (χ3n) is 1.02. The van der Waals surface area contributed by atoms with Crippen LogP contribution in [0.2, 0.25) is 0 Å². The highest BCUT2D eigenvalue weighted by Crippen LogP contribution is 1.93. The van der Waals surface area contributed by atoms with Gasteiger partial charge >= 0.3 is 0 Å². The highest BCUT2D eigenvalue weighted by Gasteiger charge is 1.94. The molecule has 0 fully saturated rings. The molecule has 1 radical (unpaired) electrons. The Labute approximate surface area is 53.1 Å². The second kappa shape index (κ2) is 2.44. The maximum atomic E-state index is 10.0. The van der Waals surface area contributed by atoms with Crippen LogP contribution in [0.3, 0.4) is 0 Å². The lowest BCUT2D eigenvalue weighted by Gasteiger charge is -1.78. The number of aldehydes is 1. The van der Waals surface area contributed by atoms with Crippen LogP contribution in [-0.2, 0) is 6.42 Å². The molecule has 1 aromatic rings. The molecule has 0 aliphatic heterocycles. The van der Waals surface area contributed by atoms with Crippen molar-refractivity contribution in [1.82, 2.24) is 9.97 Å². The number of H-pyrrole nitrogens is 1. The number of nitrogens with zero attached hydrogens (tertiary/aromatic N) is 1. The summed E-state index contributed by atoms with van der Waals surface area (Å²) in [4.78, 5) is 16.6. The van der Waals surface area contributed by atoms with Gasteiger partial charge in [0.1, 0.15) is 0 Å². The Morgan fingerprint density at radius 3 is 3.00 bits per heavy atom. The highest BCUT2D eigenvalue weighted by atomic mass is 16.1. The summed E-state index contributed by atoms with van der Waals surface area (Å²) in [6.07, 6.45) is 2.97. The van der Waals surface area contributed by atoms with Gasteiger partial charge in [0.05, 0.1) is 5.69 Å². The van der Waals surface area contributed by atoms with Gasteiger partial charge in [-0.05, 0) is 13.3 Å². The first-order chi connectivity index (χ1) is 4.36. The van der Waals surface area contributed by atoms with Crippen LogP contribution in [0.1, 0.15) is 16.3 Å². The van der Waals surface area contributed by atoms with Crippen molar-refractivity contribution in [2.45, 2.75) is 6.42 Å². The van der Waals surface area contributed by atoms with Crippen LogP contribution in [0.5, 0.6) is 0 Å². The molecule has 1 rings (SSSR count). The van der Waals surface area contributed by atoms with E-state index in [1.807, 2.05) is 0 Å². The van der Waals surface area contributed by atoms with Crippen molar-refractivity contribution in [3.63, 3.8) is 0 Å². The second-order valence-corrected chi connectivity index (χ2v) is 1.64. The van der Waals surface area contributed by atoms with E-state index in [0.717, 1.165) is 5.69 Å². The number of hydrogen-bond acceptors (Lipinski definition) is 2. The van der Waals surface area contributed by atoms with Gasteiger partial charge < -0.3 is 4.98 Å². The molecule has 3 nitrogen and oxygen atoms in total. The van der Waals surface area contributed by atoms with Crippen molar-refractivity contribution in [3.8, 4) is 0 Å². The number of carbonyl (C=O) groups excluding carboxylic acids is 1. The minimum atomic E-state index is 0.369. The van der Waals surface area contributed by atoms with E-state index < -0.39 is 0 Å². The molecule has 3 heteroatoms. The fourth-order valence-electron chi connectivity index (χ4n) is 0.565. The van der Waals surface area contributed by atoms with Gasteiger partial charge in [-0.2, -0.15) is 0 Å². The molecule has 1 heterocycles. The van der Waals surface area contributed by atoms with E-state index >= 15 is 0 Å². The molecule has 0 saturated heterocycles. The average molecular weight is 123 g/mol. The molecule has 0 aliphatic carbocycles. The lowest BCUT2D eigenvalue weighted by atomic mass is 10.4. The topological polar surface area (TPSA) is 45.8 Å². The molecule has 47 valence electrons.